The smallest absolute Gasteiger partial charge is 0.398 e. The lowest BCUT2D eigenvalue weighted by Gasteiger charge is -2.21. The van der Waals surface area contributed by atoms with E-state index < -0.39 is 46.9 Å². The molecule has 3 rings (SSSR count). The van der Waals surface area contributed by atoms with Gasteiger partial charge in [-0.15, -0.1) is 0 Å². The highest BCUT2D eigenvalue weighted by Crippen LogP contribution is 2.60. The van der Waals surface area contributed by atoms with Gasteiger partial charge in [0.15, 0.2) is 0 Å². The third kappa shape index (κ3) is 3.69. The number of aromatic carboxylic acids is 1. The predicted octanol–water partition coefficient (Wildman–Crippen LogP) is 3.57. The summed E-state index contributed by atoms with van der Waals surface area (Å²) in [6.07, 6.45) is -4.50. The zero-order valence-electron chi connectivity index (χ0n) is 14.4. The summed E-state index contributed by atoms with van der Waals surface area (Å²) in [6.45, 7) is 0. The first-order chi connectivity index (χ1) is 13.0. The predicted molar refractivity (Wildman–Crippen MR) is 88.6 cm³/mol. The average Bonchev–Trinajstić information content (AvgIpc) is 3.39. The maximum atomic E-state index is 14.3. The number of carbonyl (C=O) groups is 2. The Morgan fingerprint density at radius 3 is 2.39 bits per heavy atom. The molecule has 0 atom stereocenters. The number of pyridine rings is 1. The molecule has 2 N–H and O–H groups in total. The van der Waals surface area contributed by atoms with E-state index in [0.717, 1.165) is 6.07 Å². The van der Waals surface area contributed by atoms with Gasteiger partial charge in [0.25, 0.3) is 0 Å². The highest BCUT2D eigenvalue weighted by molar-refractivity contribution is 5.87. The van der Waals surface area contributed by atoms with Crippen molar-refractivity contribution in [3.8, 4) is 5.75 Å². The van der Waals surface area contributed by atoms with Crippen molar-refractivity contribution >= 4 is 11.8 Å². The van der Waals surface area contributed by atoms with Crippen molar-refractivity contribution in [3.05, 3.63) is 58.7 Å². The summed E-state index contributed by atoms with van der Waals surface area (Å²) in [5.41, 5.74) is -2.87. The van der Waals surface area contributed by atoms with Crippen molar-refractivity contribution in [2.24, 2.45) is 0 Å². The number of carboxylic acids is 1. The van der Waals surface area contributed by atoms with E-state index in [-0.39, 0.29) is 30.5 Å². The molecule has 0 aliphatic heterocycles. The summed E-state index contributed by atoms with van der Waals surface area (Å²) in [6, 6.07) is 4.13. The van der Waals surface area contributed by atoms with Crippen LogP contribution >= 0.6 is 0 Å². The van der Waals surface area contributed by atoms with Crippen molar-refractivity contribution in [2.45, 2.75) is 37.3 Å². The number of phenols is 1. The zero-order chi connectivity index (χ0) is 20.7. The second-order valence-electron chi connectivity index (χ2n) is 6.79. The first-order valence-corrected chi connectivity index (χ1v) is 8.32. The minimum absolute atomic E-state index is 0.211. The van der Waals surface area contributed by atoms with Gasteiger partial charge in [-0.2, -0.15) is 13.2 Å². The Hall–Kier alpha value is -2.97. The Morgan fingerprint density at radius 1 is 1.14 bits per heavy atom. The third-order valence-electron chi connectivity index (χ3n) is 4.81. The number of hydrogen-bond acceptors (Lipinski definition) is 4. The number of nitrogens with zero attached hydrogens (tertiary/aromatic N) is 1. The van der Waals surface area contributed by atoms with E-state index in [9.17, 15) is 32.3 Å². The molecular weight excluding hydrogens is 382 g/mol. The first kappa shape index (κ1) is 19.8. The molecule has 0 unspecified atom stereocenters. The van der Waals surface area contributed by atoms with E-state index in [1.165, 1.54) is 18.3 Å². The van der Waals surface area contributed by atoms with Gasteiger partial charge in [0.2, 0.25) is 0 Å². The molecule has 2 aromatic rings. The molecule has 148 valence electrons. The molecule has 5 nitrogen and oxygen atoms in total. The van der Waals surface area contributed by atoms with Gasteiger partial charge < -0.3 is 10.2 Å². The molecule has 28 heavy (non-hydrogen) atoms. The van der Waals surface area contributed by atoms with Gasteiger partial charge in [0.1, 0.15) is 23.0 Å². The Kier molecular flexibility index (Phi) is 4.86. The fourth-order valence-electron chi connectivity index (χ4n) is 3.16. The normalized spacial score (nSPS) is 15.3. The summed E-state index contributed by atoms with van der Waals surface area (Å²) in [5, 5.41) is 18.9. The first-order valence-electron chi connectivity index (χ1n) is 8.32. The Labute approximate surface area is 156 Å². The number of carbonyl (C=O) groups excluding carboxylic acids is 1. The molecule has 0 radical (unpaired) electrons. The number of halogens is 4. The van der Waals surface area contributed by atoms with Crippen molar-refractivity contribution < 1.29 is 37.4 Å². The number of aromatic nitrogens is 1. The molecule has 1 aromatic carbocycles. The van der Waals surface area contributed by atoms with Crippen LogP contribution in [0.1, 0.15) is 40.0 Å². The van der Waals surface area contributed by atoms with Gasteiger partial charge >= 0.3 is 12.1 Å². The molecule has 1 aliphatic rings. The SMILES string of the molecule is O=C(Cc1ccnc(C(=O)O)c1)Cc1cc(O)c(C2(C(F)(F)F)CC2)cc1F. The summed E-state index contributed by atoms with van der Waals surface area (Å²) in [4.78, 5) is 26.7. The number of alkyl halides is 3. The van der Waals surface area contributed by atoms with Gasteiger partial charge in [0, 0.05) is 24.6 Å². The maximum absolute atomic E-state index is 14.3. The van der Waals surface area contributed by atoms with Crippen molar-refractivity contribution in [1.29, 1.82) is 0 Å². The van der Waals surface area contributed by atoms with Crippen LogP contribution < -0.4 is 0 Å². The molecule has 0 amide bonds. The lowest BCUT2D eigenvalue weighted by Crippen LogP contribution is -2.29. The van der Waals surface area contributed by atoms with E-state index in [1.54, 1.807) is 0 Å². The van der Waals surface area contributed by atoms with Crippen LogP contribution in [-0.2, 0) is 23.1 Å². The third-order valence-corrected chi connectivity index (χ3v) is 4.81. The van der Waals surface area contributed by atoms with Crippen LogP contribution in [0.4, 0.5) is 17.6 Å². The lowest BCUT2D eigenvalue weighted by molar-refractivity contribution is -0.161. The summed E-state index contributed by atoms with van der Waals surface area (Å²) < 4.78 is 53.9. The van der Waals surface area contributed by atoms with E-state index in [0.29, 0.717) is 11.6 Å². The molecule has 1 aromatic heterocycles. The van der Waals surface area contributed by atoms with E-state index in [2.05, 4.69) is 4.98 Å². The number of aromatic hydroxyl groups is 1. The second-order valence-corrected chi connectivity index (χ2v) is 6.79. The number of carboxylic acid groups (broad SMARTS) is 1. The van der Waals surface area contributed by atoms with Crippen LogP contribution in [0, 0.1) is 5.82 Å². The van der Waals surface area contributed by atoms with Crippen molar-refractivity contribution in [3.63, 3.8) is 0 Å². The summed E-state index contributed by atoms with van der Waals surface area (Å²) >= 11 is 0. The number of hydrogen-bond donors (Lipinski definition) is 2. The van der Waals surface area contributed by atoms with Crippen molar-refractivity contribution in [2.75, 3.05) is 0 Å². The van der Waals surface area contributed by atoms with Crippen LogP contribution in [-0.4, -0.2) is 33.1 Å². The Morgan fingerprint density at radius 2 is 1.82 bits per heavy atom. The summed E-state index contributed by atoms with van der Waals surface area (Å²) in [7, 11) is 0. The molecular formula is C19H15F4NO4. The topological polar surface area (TPSA) is 87.5 Å². The quantitative estimate of drug-likeness (QED) is 0.728. The largest absolute Gasteiger partial charge is 0.508 e. The van der Waals surface area contributed by atoms with Crippen LogP contribution in [0.25, 0.3) is 0 Å². The number of Topliss-reactive ketones (excluding diaryl/α,β-unsaturated/α-hetero) is 1. The molecule has 1 fully saturated rings. The molecule has 9 heteroatoms. The van der Waals surface area contributed by atoms with Crippen LogP contribution in [0.2, 0.25) is 0 Å². The zero-order valence-corrected chi connectivity index (χ0v) is 14.4. The highest BCUT2D eigenvalue weighted by atomic mass is 19.4. The number of rotatable bonds is 6. The van der Waals surface area contributed by atoms with Gasteiger partial charge in [0.05, 0.1) is 5.41 Å². The number of phenolic OH excluding ortho intramolecular Hbond substituents is 1. The lowest BCUT2D eigenvalue weighted by atomic mass is 9.91. The van der Waals surface area contributed by atoms with Gasteiger partial charge in [-0.1, -0.05) is 0 Å². The fraction of sp³-hybridized carbons (Fsp3) is 0.316. The highest BCUT2D eigenvalue weighted by Gasteiger charge is 2.65. The summed E-state index contributed by atoms with van der Waals surface area (Å²) in [5.74, 6) is -3.46. The maximum Gasteiger partial charge on any atom is 0.398 e. The van der Waals surface area contributed by atoms with Crippen molar-refractivity contribution in [1.82, 2.24) is 4.98 Å². The molecule has 1 heterocycles. The fourth-order valence-corrected chi connectivity index (χ4v) is 3.16. The van der Waals surface area contributed by atoms with Gasteiger partial charge in [-0.3, -0.25) is 4.79 Å². The van der Waals surface area contributed by atoms with E-state index in [1.807, 2.05) is 0 Å². The van der Waals surface area contributed by atoms with Gasteiger partial charge in [-0.05, 0) is 48.2 Å². The molecule has 0 bridgehead atoms. The molecule has 1 aliphatic carbocycles. The number of benzene rings is 1. The standard InChI is InChI=1S/C19H15F4NO4/c20-14-9-13(18(2-3-18)19(21,22)23)16(26)8-11(14)7-12(25)5-10-1-4-24-15(6-10)17(27)28/h1,4,6,8-9,26H,2-3,5,7H2,(H,27,28). The van der Waals surface area contributed by atoms with E-state index in [4.69, 9.17) is 5.11 Å². The van der Waals surface area contributed by atoms with Crippen LogP contribution in [0.3, 0.4) is 0 Å². The monoisotopic (exact) mass is 397 g/mol. The minimum Gasteiger partial charge on any atom is -0.508 e. The molecule has 0 spiro atoms. The van der Waals surface area contributed by atoms with Crippen LogP contribution in [0.15, 0.2) is 30.5 Å². The van der Waals surface area contributed by atoms with Gasteiger partial charge in [-0.25, -0.2) is 14.2 Å². The Balaban J connectivity index is 1.78. The number of ketones is 1. The molecule has 0 saturated heterocycles. The van der Waals surface area contributed by atoms with Crippen LogP contribution in [0.5, 0.6) is 5.75 Å². The minimum atomic E-state index is -4.60. The average molecular weight is 397 g/mol. The Bertz CT molecular complexity index is 951. The molecule has 1 saturated carbocycles. The second kappa shape index (κ2) is 6.88. The van der Waals surface area contributed by atoms with E-state index >= 15 is 0 Å².